The summed E-state index contributed by atoms with van der Waals surface area (Å²) in [6, 6.07) is 0.153. The van der Waals surface area contributed by atoms with E-state index < -0.39 is 5.97 Å². The molecule has 0 amide bonds. The summed E-state index contributed by atoms with van der Waals surface area (Å²) in [4.78, 5) is 26.7. The maximum atomic E-state index is 11.4. The average molecular weight is 298 g/mol. The van der Waals surface area contributed by atoms with Crippen LogP contribution in [0.2, 0.25) is 0 Å². The Hall–Kier alpha value is -1.47. The van der Waals surface area contributed by atoms with Crippen LogP contribution >= 0.6 is 11.3 Å². The number of nitrogens with one attached hydrogen (secondary N) is 1. The normalized spacial score (nSPS) is 24.0. The van der Waals surface area contributed by atoms with Gasteiger partial charge in [-0.25, -0.2) is 9.78 Å². The summed E-state index contributed by atoms with van der Waals surface area (Å²) in [5, 5.41) is 12.7. The number of thiazole rings is 1. The van der Waals surface area contributed by atoms with Gasteiger partial charge in [-0.1, -0.05) is 25.2 Å². The second-order valence-electron chi connectivity index (χ2n) is 5.54. The number of methoxy groups -OCH3 is 1. The van der Waals surface area contributed by atoms with Gasteiger partial charge in [0.15, 0.2) is 16.6 Å². The Kier molecular flexibility index (Phi) is 3.84. The second-order valence-corrected chi connectivity index (χ2v) is 6.54. The molecule has 1 aliphatic rings. The Balaban J connectivity index is 2.18. The van der Waals surface area contributed by atoms with E-state index >= 15 is 0 Å². The van der Waals surface area contributed by atoms with Gasteiger partial charge in [0.25, 0.3) is 0 Å². The third kappa shape index (κ3) is 2.43. The Labute approximate surface area is 121 Å². The van der Waals surface area contributed by atoms with Crippen LogP contribution in [0.4, 0.5) is 5.13 Å². The Morgan fingerprint density at radius 2 is 2.15 bits per heavy atom. The molecule has 2 N–H and O–H groups in total. The fraction of sp³-hybridized carbons (Fsp3) is 0.615. The number of aromatic carboxylic acids is 1. The molecule has 1 fully saturated rings. The summed E-state index contributed by atoms with van der Waals surface area (Å²) in [6.07, 6.45) is 1.01. The summed E-state index contributed by atoms with van der Waals surface area (Å²) >= 11 is 1.09. The Morgan fingerprint density at radius 1 is 1.50 bits per heavy atom. The van der Waals surface area contributed by atoms with Crippen molar-refractivity contribution in [3.05, 3.63) is 10.6 Å². The van der Waals surface area contributed by atoms with Crippen molar-refractivity contribution in [3.8, 4) is 0 Å². The summed E-state index contributed by atoms with van der Waals surface area (Å²) in [6.45, 7) is 5.51. The van der Waals surface area contributed by atoms with Crippen molar-refractivity contribution in [2.24, 2.45) is 5.41 Å². The molecule has 6 nitrogen and oxygen atoms in total. The van der Waals surface area contributed by atoms with Gasteiger partial charge in [-0.2, -0.15) is 0 Å². The number of rotatable bonds is 5. The predicted molar refractivity (Wildman–Crippen MR) is 75.7 cm³/mol. The molecule has 0 aromatic carbocycles. The van der Waals surface area contributed by atoms with Crippen molar-refractivity contribution < 1.29 is 19.4 Å². The van der Waals surface area contributed by atoms with Gasteiger partial charge in [0.05, 0.1) is 6.10 Å². The average Bonchev–Trinajstić information content (AvgIpc) is 2.78. The first-order chi connectivity index (χ1) is 9.27. The van der Waals surface area contributed by atoms with Gasteiger partial charge in [-0.15, -0.1) is 0 Å². The minimum atomic E-state index is -1.18. The largest absolute Gasteiger partial charge is 0.476 e. The Morgan fingerprint density at radius 3 is 2.55 bits per heavy atom. The van der Waals surface area contributed by atoms with Crippen LogP contribution in [0.5, 0.6) is 0 Å². The molecule has 2 unspecified atom stereocenters. The summed E-state index contributed by atoms with van der Waals surface area (Å²) < 4.78 is 5.37. The van der Waals surface area contributed by atoms with Gasteiger partial charge in [-0.05, 0) is 6.42 Å². The lowest BCUT2D eigenvalue weighted by molar-refractivity contribution is -0.0794. The van der Waals surface area contributed by atoms with Crippen LogP contribution in [0.1, 0.15) is 47.4 Å². The van der Waals surface area contributed by atoms with Crippen LogP contribution in [-0.2, 0) is 4.74 Å². The zero-order chi connectivity index (χ0) is 15.1. The van der Waals surface area contributed by atoms with E-state index in [1.54, 1.807) is 7.11 Å². The van der Waals surface area contributed by atoms with E-state index in [2.05, 4.69) is 24.1 Å². The van der Waals surface area contributed by atoms with Crippen molar-refractivity contribution in [1.82, 2.24) is 4.98 Å². The van der Waals surface area contributed by atoms with Crippen molar-refractivity contribution in [2.75, 3.05) is 12.4 Å². The van der Waals surface area contributed by atoms with Gasteiger partial charge in [0.1, 0.15) is 4.88 Å². The molecule has 20 heavy (non-hydrogen) atoms. The zero-order valence-corrected chi connectivity index (χ0v) is 12.7. The van der Waals surface area contributed by atoms with E-state index in [0.717, 1.165) is 17.8 Å². The van der Waals surface area contributed by atoms with Crippen molar-refractivity contribution in [1.29, 1.82) is 0 Å². The zero-order valence-electron chi connectivity index (χ0n) is 11.9. The minimum Gasteiger partial charge on any atom is -0.476 e. The van der Waals surface area contributed by atoms with Crippen molar-refractivity contribution >= 4 is 28.2 Å². The number of hydrogen-bond acceptors (Lipinski definition) is 6. The highest BCUT2D eigenvalue weighted by molar-refractivity contribution is 7.17. The second kappa shape index (κ2) is 5.14. The van der Waals surface area contributed by atoms with Crippen LogP contribution in [0.25, 0.3) is 0 Å². The molecule has 1 saturated carbocycles. The van der Waals surface area contributed by atoms with Crippen molar-refractivity contribution in [3.63, 3.8) is 0 Å². The lowest BCUT2D eigenvalue weighted by atomic mass is 9.64. The fourth-order valence-electron chi connectivity index (χ4n) is 2.44. The molecule has 2 rings (SSSR count). The molecule has 110 valence electrons. The fourth-order valence-corrected chi connectivity index (χ4v) is 3.35. The monoisotopic (exact) mass is 298 g/mol. The number of Topliss-reactive ketones (excluding diaryl/α,β-unsaturated/α-hetero) is 1. The number of aromatic nitrogens is 1. The number of ketones is 1. The van der Waals surface area contributed by atoms with Crippen LogP contribution in [-0.4, -0.2) is 41.1 Å². The smallest absolute Gasteiger partial charge is 0.356 e. The summed E-state index contributed by atoms with van der Waals surface area (Å²) in [7, 11) is 1.68. The molecule has 1 heterocycles. The highest BCUT2D eigenvalue weighted by Gasteiger charge is 2.49. The topological polar surface area (TPSA) is 88.5 Å². The lowest BCUT2D eigenvalue weighted by Crippen LogP contribution is -2.57. The molecule has 1 aromatic rings. The van der Waals surface area contributed by atoms with Crippen LogP contribution in [0.3, 0.4) is 0 Å². The lowest BCUT2D eigenvalue weighted by Gasteiger charge is -2.51. The number of carboxylic acids is 1. The van der Waals surface area contributed by atoms with Gasteiger partial charge < -0.3 is 15.2 Å². The summed E-state index contributed by atoms with van der Waals surface area (Å²) in [5.74, 6) is -1.46. The molecule has 0 radical (unpaired) electrons. The number of ether oxygens (including phenoxy) is 1. The first kappa shape index (κ1) is 14.9. The number of carbonyl (C=O) groups excluding carboxylic acids is 1. The first-order valence-electron chi connectivity index (χ1n) is 6.31. The summed E-state index contributed by atoms with van der Waals surface area (Å²) in [5.41, 5.74) is -0.231. The standard InChI is InChI=1S/C13H18N2O4S/c1-6(16)10-9(11(17)18)15-12(20-10)14-7-5-8(19-4)13(7,2)3/h7-8H,5H2,1-4H3,(H,14,15)(H,17,18). The van der Waals surface area contributed by atoms with Gasteiger partial charge >= 0.3 is 5.97 Å². The predicted octanol–water partition coefficient (Wildman–Crippen LogP) is 2.27. The van der Waals surface area contributed by atoms with Crippen LogP contribution in [0.15, 0.2) is 0 Å². The van der Waals surface area contributed by atoms with Crippen LogP contribution in [0, 0.1) is 5.41 Å². The molecule has 0 bridgehead atoms. The van der Waals surface area contributed by atoms with E-state index in [4.69, 9.17) is 9.84 Å². The molecule has 0 saturated heterocycles. The van der Waals surface area contributed by atoms with Gasteiger partial charge in [-0.3, -0.25) is 4.79 Å². The molecule has 1 aromatic heterocycles. The van der Waals surface area contributed by atoms with Gasteiger partial charge in [0.2, 0.25) is 0 Å². The highest BCUT2D eigenvalue weighted by Crippen LogP contribution is 2.44. The van der Waals surface area contributed by atoms with E-state index in [0.29, 0.717) is 5.13 Å². The SMILES string of the molecule is COC1CC(Nc2nc(C(=O)O)c(C(C)=O)s2)C1(C)C. The number of nitrogens with zero attached hydrogens (tertiary/aromatic N) is 1. The van der Waals surface area contributed by atoms with Gasteiger partial charge in [0, 0.05) is 25.5 Å². The molecular formula is C13H18N2O4S. The van der Waals surface area contributed by atoms with E-state index in [1.807, 2.05) is 0 Å². The van der Waals surface area contributed by atoms with E-state index in [-0.39, 0.29) is 33.9 Å². The van der Waals surface area contributed by atoms with Crippen molar-refractivity contribution in [2.45, 2.75) is 39.3 Å². The molecular weight excluding hydrogens is 280 g/mol. The first-order valence-corrected chi connectivity index (χ1v) is 7.13. The molecule has 7 heteroatoms. The maximum absolute atomic E-state index is 11.4. The minimum absolute atomic E-state index is 0.0554. The maximum Gasteiger partial charge on any atom is 0.356 e. The number of carbonyl (C=O) groups is 2. The third-order valence-corrected chi connectivity index (χ3v) is 5.00. The Bertz CT molecular complexity index is 521. The van der Waals surface area contributed by atoms with Crippen LogP contribution < -0.4 is 5.32 Å². The number of carboxylic acid groups (broad SMARTS) is 1. The molecule has 1 aliphatic carbocycles. The number of hydrogen-bond donors (Lipinski definition) is 2. The quantitative estimate of drug-likeness (QED) is 0.811. The van der Waals surface area contributed by atoms with E-state index in [9.17, 15) is 9.59 Å². The number of anilines is 1. The highest BCUT2D eigenvalue weighted by atomic mass is 32.1. The third-order valence-electron chi connectivity index (χ3n) is 3.91. The molecule has 2 atom stereocenters. The van der Waals surface area contributed by atoms with E-state index in [1.165, 1.54) is 6.92 Å². The molecule has 0 aliphatic heterocycles. The molecule has 0 spiro atoms.